The zero-order valence-electron chi connectivity index (χ0n) is 11.3. The summed E-state index contributed by atoms with van der Waals surface area (Å²) < 4.78 is 5.46. The van der Waals surface area contributed by atoms with Gasteiger partial charge in [0.2, 0.25) is 0 Å². The highest BCUT2D eigenvalue weighted by atomic mass is 35.5. The molecule has 1 rings (SSSR count). The van der Waals surface area contributed by atoms with Crippen LogP contribution in [-0.4, -0.2) is 30.9 Å². The molecule has 5 heteroatoms. The Morgan fingerprint density at radius 2 is 2.05 bits per heavy atom. The lowest BCUT2D eigenvalue weighted by Gasteiger charge is -2.15. The van der Waals surface area contributed by atoms with Crippen LogP contribution >= 0.6 is 23.2 Å². The van der Waals surface area contributed by atoms with Crippen LogP contribution in [0.2, 0.25) is 10.0 Å². The molecular formula is C14H21Cl2NO2. The van der Waals surface area contributed by atoms with Crippen molar-refractivity contribution in [1.29, 1.82) is 0 Å². The monoisotopic (exact) mass is 305 g/mol. The molecule has 0 radical (unpaired) electrons. The first-order chi connectivity index (χ1) is 9.02. The first-order valence-electron chi connectivity index (χ1n) is 6.49. The number of hydrogen-bond donors (Lipinski definition) is 2. The Bertz CT molecular complexity index is 388. The SMILES string of the molecule is CCC(C)CNCC(O)COc1ccc(Cl)cc1Cl. The van der Waals surface area contributed by atoms with Crippen LogP contribution in [0.5, 0.6) is 5.75 Å². The number of hydrogen-bond acceptors (Lipinski definition) is 3. The van der Waals surface area contributed by atoms with E-state index in [9.17, 15) is 5.11 Å². The van der Waals surface area contributed by atoms with E-state index < -0.39 is 6.10 Å². The fourth-order valence-electron chi connectivity index (χ4n) is 1.48. The number of halogens is 2. The van der Waals surface area contributed by atoms with E-state index in [1.807, 2.05) is 0 Å². The van der Waals surface area contributed by atoms with Crippen LogP contribution in [-0.2, 0) is 0 Å². The number of ether oxygens (including phenoxy) is 1. The van der Waals surface area contributed by atoms with Gasteiger partial charge in [0.1, 0.15) is 18.5 Å². The molecule has 0 aliphatic heterocycles. The van der Waals surface area contributed by atoms with Gasteiger partial charge in [-0.15, -0.1) is 0 Å². The van der Waals surface area contributed by atoms with Crippen molar-refractivity contribution < 1.29 is 9.84 Å². The summed E-state index contributed by atoms with van der Waals surface area (Å²) in [5.74, 6) is 1.14. The van der Waals surface area contributed by atoms with Crippen molar-refractivity contribution >= 4 is 23.2 Å². The molecule has 108 valence electrons. The molecule has 1 aromatic rings. The van der Waals surface area contributed by atoms with Crippen LogP contribution in [0.25, 0.3) is 0 Å². The van der Waals surface area contributed by atoms with Gasteiger partial charge in [-0.1, -0.05) is 43.5 Å². The fourth-order valence-corrected chi connectivity index (χ4v) is 1.94. The van der Waals surface area contributed by atoms with Crippen molar-refractivity contribution in [2.24, 2.45) is 5.92 Å². The minimum Gasteiger partial charge on any atom is -0.489 e. The number of aliphatic hydroxyl groups excluding tert-OH is 1. The Morgan fingerprint density at radius 1 is 1.32 bits per heavy atom. The third kappa shape index (κ3) is 6.48. The average Bonchev–Trinajstić information content (AvgIpc) is 2.37. The summed E-state index contributed by atoms with van der Waals surface area (Å²) in [6, 6.07) is 5.02. The normalized spacial score (nSPS) is 14.2. The molecule has 0 fully saturated rings. The summed E-state index contributed by atoms with van der Waals surface area (Å²) in [6.07, 6.45) is 0.566. The number of aliphatic hydroxyl groups is 1. The van der Waals surface area contributed by atoms with Crippen molar-refractivity contribution in [3.63, 3.8) is 0 Å². The summed E-state index contributed by atoms with van der Waals surface area (Å²) in [7, 11) is 0. The second-order valence-corrected chi connectivity index (χ2v) is 5.55. The average molecular weight is 306 g/mol. The molecule has 0 saturated heterocycles. The quantitative estimate of drug-likeness (QED) is 0.774. The van der Waals surface area contributed by atoms with Gasteiger partial charge in [-0.25, -0.2) is 0 Å². The Morgan fingerprint density at radius 3 is 2.68 bits per heavy atom. The molecule has 0 spiro atoms. The summed E-state index contributed by atoms with van der Waals surface area (Å²) in [4.78, 5) is 0. The Hall–Kier alpha value is -0.480. The largest absolute Gasteiger partial charge is 0.489 e. The van der Waals surface area contributed by atoms with Gasteiger partial charge in [-0.2, -0.15) is 0 Å². The summed E-state index contributed by atoms with van der Waals surface area (Å²) >= 11 is 11.8. The van der Waals surface area contributed by atoms with Gasteiger partial charge in [-0.05, 0) is 30.7 Å². The van der Waals surface area contributed by atoms with Gasteiger partial charge >= 0.3 is 0 Å². The molecule has 1 aromatic carbocycles. The van der Waals surface area contributed by atoms with Crippen molar-refractivity contribution in [2.75, 3.05) is 19.7 Å². The predicted molar refractivity (Wildman–Crippen MR) is 80.3 cm³/mol. The van der Waals surface area contributed by atoms with Crippen molar-refractivity contribution in [3.05, 3.63) is 28.2 Å². The molecule has 0 amide bonds. The molecule has 0 aliphatic carbocycles. The van der Waals surface area contributed by atoms with Crippen LogP contribution in [0, 0.1) is 5.92 Å². The third-order valence-corrected chi connectivity index (χ3v) is 3.43. The summed E-state index contributed by atoms with van der Waals surface area (Å²) in [5, 5.41) is 14.0. The maximum atomic E-state index is 9.78. The first kappa shape index (κ1) is 16.6. The van der Waals surface area contributed by atoms with E-state index in [1.54, 1.807) is 18.2 Å². The minimum atomic E-state index is -0.559. The Kier molecular flexibility index (Phi) is 7.54. The zero-order valence-corrected chi connectivity index (χ0v) is 12.8. The molecule has 0 aliphatic rings. The van der Waals surface area contributed by atoms with Gasteiger partial charge in [-0.3, -0.25) is 0 Å². The standard InChI is InChI=1S/C14H21Cl2NO2/c1-3-10(2)7-17-8-12(18)9-19-14-5-4-11(15)6-13(14)16/h4-6,10,12,17-18H,3,7-9H2,1-2H3. The first-order valence-corrected chi connectivity index (χ1v) is 7.25. The highest BCUT2D eigenvalue weighted by Crippen LogP contribution is 2.27. The zero-order chi connectivity index (χ0) is 14.3. The lowest BCUT2D eigenvalue weighted by molar-refractivity contribution is 0.105. The molecule has 0 bridgehead atoms. The number of nitrogens with one attached hydrogen (secondary N) is 1. The number of rotatable bonds is 8. The van der Waals surface area contributed by atoms with Gasteiger partial charge in [0.05, 0.1) is 5.02 Å². The van der Waals surface area contributed by atoms with E-state index >= 15 is 0 Å². The molecule has 19 heavy (non-hydrogen) atoms. The summed E-state index contributed by atoms with van der Waals surface area (Å²) in [5.41, 5.74) is 0. The van der Waals surface area contributed by atoms with E-state index in [0.29, 0.717) is 28.3 Å². The maximum absolute atomic E-state index is 9.78. The summed E-state index contributed by atoms with van der Waals surface area (Å²) in [6.45, 7) is 5.93. The molecule has 2 atom stereocenters. The van der Waals surface area contributed by atoms with Crippen LogP contribution in [0.3, 0.4) is 0 Å². The highest BCUT2D eigenvalue weighted by Gasteiger charge is 2.08. The molecule has 0 aromatic heterocycles. The lowest BCUT2D eigenvalue weighted by Crippen LogP contribution is -2.33. The van der Waals surface area contributed by atoms with Crippen LogP contribution in [0.4, 0.5) is 0 Å². The van der Waals surface area contributed by atoms with E-state index in [-0.39, 0.29) is 6.61 Å². The minimum absolute atomic E-state index is 0.203. The molecule has 3 nitrogen and oxygen atoms in total. The fraction of sp³-hybridized carbons (Fsp3) is 0.571. The Labute approximate surface area is 124 Å². The molecule has 2 unspecified atom stereocenters. The van der Waals surface area contributed by atoms with Gasteiger partial charge < -0.3 is 15.2 Å². The predicted octanol–water partition coefficient (Wildman–Crippen LogP) is 3.37. The Balaban J connectivity index is 2.28. The highest BCUT2D eigenvalue weighted by molar-refractivity contribution is 6.35. The topological polar surface area (TPSA) is 41.5 Å². The number of benzene rings is 1. The van der Waals surface area contributed by atoms with Gasteiger partial charge in [0, 0.05) is 11.6 Å². The second kappa shape index (κ2) is 8.64. The van der Waals surface area contributed by atoms with E-state index in [2.05, 4.69) is 19.2 Å². The van der Waals surface area contributed by atoms with Gasteiger partial charge in [0.15, 0.2) is 0 Å². The van der Waals surface area contributed by atoms with Crippen molar-refractivity contribution in [1.82, 2.24) is 5.32 Å². The maximum Gasteiger partial charge on any atom is 0.138 e. The second-order valence-electron chi connectivity index (χ2n) is 4.71. The molecular weight excluding hydrogens is 285 g/mol. The molecule has 0 heterocycles. The van der Waals surface area contributed by atoms with Crippen LogP contribution in [0.15, 0.2) is 18.2 Å². The van der Waals surface area contributed by atoms with Gasteiger partial charge in [0.25, 0.3) is 0 Å². The van der Waals surface area contributed by atoms with Crippen LogP contribution in [0.1, 0.15) is 20.3 Å². The van der Waals surface area contributed by atoms with E-state index in [0.717, 1.165) is 13.0 Å². The molecule has 0 saturated carbocycles. The van der Waals surface area contributed by atoms with Crippen molar-refractivity contribution in [2.45, 2.75) is 26.4 Å². The van der Waals surface area contributed by atoms with E-state index in [1.165, 1.54) is 0 Å². The van der Waals surface area contributed by atoms with Crippen molar-refractivity contribution in [3.8, 4) is 5.75 Å². The van der Waals surface area contributed by atoms with Crippen LogP contribution < -0.4 is 10.1 Å². The smallest absolute Gasteiger partial charge is 0.138 e. The lowest BCUT2D eigenvalue weighted by atomic mass is 10.1. The molecule has 2 N–H and O–H groups in total. The third-order valence-electron chi connectivity index (χ3n) is 2.89. The van der Waals surface area contributed by atoms with E-state index in [4.69, 9.17) is 27.9 Å².